The van der Waals surface area contributed by atoms with Gasteiger partial charge >= 0.3 is 5.76 Å². The molecule has 0 bridgehead atoms. The molecule has 5 nitrogen and oxygen atoms in total. The molecule has 0 aliphatic heterocycles. The van der Waals surface area contributed by atoms with E-state index in [1.165, 1.54) is 4.57 Å². The van der Waals surface area contributed by atoms with Gasteiger partial charge in [0.1, 0.15) is 6.04 Å². The van der Waals surface area contributed by atoms with Crippen LogP contribution in [0, 0.1) is 0 Å². The number of nitrogens with zero attached hydrogens (tertiary/aromatic N) is 2. The van der Waals surface area contributed by atoms with Gasteiger partial charge in [0.25, 0.3) is 0 Å². The fraction of sp³-hybridized carbons (Fsp3) is 0.222. The van der Waals surface area contributed by atoms with E-state index in [2.05, 4.69) is 0 Å². The lowest BCUT2D eigenvalue weighted by Gasteiger charge is -2.22. The Balaban J connectivity index is 1.86. The molecule has 0 spiro atoms. The maximum absolute atomic E-state index is 12.7. The van der Waals surface area contributed by atoms with Gasteiger partial charge in [-0.2, -0.15) is 0 Å². The summed E-state index contributed by atoms with van der Waals surface area (Å²) >= 11 is 5.98. The molecular formula is C18H17ClN2O3. The monoisotopic (exact) mass is 344 g/mol. The third-order valence-electron chi connectivity index (χ3n) is 3.95. The maximum atomic E-state index is 12.7. The van der Waals surface area contributed by atoms with Gasteiger partial charge in [0.15, 0.2) is 5.58 Å². The number of halogens is 1. The van der Waals surface area contributed by atoms with Crippen LogP contribution in [0.2, 0.25) is 5.02 Å². The SMILES string of the molecule is CC(C(=O)N(C)Cc1cccc(Cl)c1)n1c(=O)oc2ccccc21. The van der Waals surface area contributed by atoms with Gasteiger partial charge in [-0.25, -0.2) is 4.79 Å². The van der Waals surface area contributed by atoms with Gasteiger partial charge in [-0.3, -0.25) is 9.36 Å². The number of carbonyl (C=O) groups excluding carboxylic acids is 1. The Labute approximate surface area is 144 Å². The first-order valence-electron chi connectivity index (χ1n) is 7.57. The van der Waals surface area contributed by atoms with Crippen molar-refractivity contribution in [3.05, 3.63) is 69.7 Å². The van der Waals surface area contributed by atoms with Gasteiger partial charge in [0.05, 0.1) is 5.52 Å². The highest BCUT2D eigenvalue weighted by Gasteiger charge is 2.24. The summed E-state index contributed by atoms with van der Waals surface area (Å²) < 4.78 is 6.58. The molecule has 1 amide bonds. The molecule has 3 aromatic rings. The quantitative estimate of drug-likeness (QED) is 0.728. The number of rotatable bonds is 4. The number of hydrogen-bond acceptors (Lipinski definition) is 3. The Morgan fingerprint density at radius 2 is 2.00 bits per heavy atom. The Kier molecular flexibility index (Phi) is 4.44. The smallest absolute Gasteiger partial charge is 0.408 e. The molecule has 2 aromatic carbocycles. The standard InChI is InChI=1S/C18H17ClN2O3/c1-12(21-15-8-3-4-9-16(15)24-18(21)23)17(22)20(2)11-13-6-5-7-14(19)10-13/h3-10,12H,11H2,1-2H3. The van der Waals surface area contributed by atoms with Crippen molar-refractivity contribution in [1.82, 2.24) is 9.47 Å². The van der Waals surface area contributed by atoms with Crippen molar-refractivity contribution in [1.29, 1.82) is 0 Å². The van der Waals surface area contributed by atoms with Crippen LogP contribution < -0.4 is 5.76 Å². The van der Waals surface area contributed by atoms with E-state index in [1.54, 1.807) is 49.2 Å². The summed E-state index contributed by atoms with van der Waals surface area (Å²) in [6.07, 6.45) is 0. The zero-order chi connectivity index (χ0) is 17.3. The fourth-order valence-electron chi connectivity index (χ4n) is 2.77. The summed E-state index contributed by atoms with van der Waals surface area (Å²) in [5.74, 6) is -0.711. The number of likely N-dealkylation sites (N-methyl/N-ethyl adjacent to an activating group) is 1. The highest BCUT2D eigenvalue weighted by Crippen LogP contribution is 2.19. The first kappa shape index (κ1) is 16.3. The molecule has 0 N–H and O–H groups in total. The number of carbonyl (C=O) groups is 1. The second-order valence-electron chi connectivity index (χ2n) is 5.71. The molecule has 1 aromatic heterocycles. The number of hydrogen-bond donors (Lipinski definition) is 0. The van der Waals surface area contributed by atoms with E-state index < -0.39 is 11.8 Å². The van der Waals surface area contributed by atoms with Crippen molar-refractivity contribution >= 4 is 28.6 Å². The maximum Gasteiger partial charge on any atom is 0.420 e. The van der Waals surface area contributed by atoms with Crippen LogP contribution >= 0.6 is 11.6 Å². The van der Waals surface area contributed by atoms with E-state index in [0.717, 1.165) is 5.56 Å². The molecule has 6 heteroatoms. The van der Waals surface area contributed by atoms with Crippen LogP contribution in [0.15, 0.2) is 57.7 Å². The Hall–Kier alpha value is -2.53. The Morgan fingerprint density at radius 1 is 1.25 bits per heavy atom. The minimum atomic E-state index is -0.662. The lowest BCUT2D eigenvalue weighted by molar-refractivity contribution is -0.133. The second-order valence-corrected chi connectivity index (χ2v) is 6.14. The second kappa shape index (κ2) is 6.53. The van der Waals surface area contributed by atoms with Crippen LogP contribution in [0.4, 0.5) is 0 Å². The van der Waals surface area contributed by atoms with E-state index >= 15 is 0 Å². The van der Waals surface area contributed by atoms with Gasteiger partial charge in [0.2, 0.25) is 5.91 Å². The number of fused-ring (bicyclic) bond motifs is 1. The zero-order valence-electron chi connectivity index (χ0n) is 13.4. The molecule has 0 aliphatic carbocycles. The van der Waals surface area contributed by atoms with Gasteiger partial charge in [-0.15, -0.1) is 0 Å². The van der Waals surface area contributed by atoms with Crippen LogP contribution in [-0.4, -0.2) is 22.4 Å². The van der Waals surface area contributed by atoms with E-state index in [9.17, 15) is 9.59 Å². The van der Waals surface area contributed by atoms with Crippen molar-refractivity contribution in [2.24, 2.45) is 0 Å². The lowest BCUT2D eigenvalue weighted by Crippen LogP contribution is -2.35. The molecule has 1 unspecified atom stereocenters. The number of amides is 1. The predicted molar refractivity (Wildman–Crippen MR) is 93.1 cm³/mol. The van der Waals surface area contributed by atoms with Crippen molar-refractivity contribution in [2.45, 2.75) is 19.5 Å². The number of oxazole rings is 1. The van der Waals surface area contributed by atoms with Gasteiger partial charge < -0.3 is 9.32 Å². The van der Waals surface area contributed by atoms with E-state index in [-0.39, 0.29) is 5.91 Å². The molecule has 0 saturated heterocycles. The molecular weight excluding hydrogens is 328 g/mol. The minimum absolute atomic E-state index is 0.177. The van der Waals surface area contributed by atoms with Gasteiger partial charge in [-0.1, -0.05) is 35.9 Å². The van der Waals surface area contributed by atoms with Gasteiger partial charge in [0, 0.05) is 18.6 Å². The minimum Gasteiger partial charge on any atom is -0.408 e. The number of aromatic nitrogens is 1. The topological polar surface area (TPSA) is 55.5 Å². The van der Waals surface area contributed by atoms with Crippen LogP contribution in [0.25, 0.3) is 11.1 Å². The fourth-order valence-corrected chi connectivity index (χ4v) is 2.98. The van der Waals surface area contributed by atoms with Crippen molar-refractivity contribution in [3.63, 3.8) is 0 Å². The molecule has 1 atom stereocenters. The molecule has 124 valence electrons. The molecule has 0 aliphatic rings. The third kappa shape index (κ3) is 3.08. The average molecular weight is 345 g/mol. The molecule has 0 radical (unpaired) electrons. The van der Waals surface area contributed by atoms with Crippen LogP contribution in [0.1, 0.15) is 18.5 Å². The molecule has 0 fully saturated rings. The van der Waals surface area contributed by atoms with Crippen molar-refractivity contribution in [3.8, 4) is 0 Å². The summed E-state index contributed by atoms with van der Waals surface area (Å²) in [4.78, 5) is 26.4. The average Bonchev–Trinajstić information content (AvgIpc) is 2.89. The molecule has 3 rings (SSSR count). The Bertz CT molecular complexity index is 945. The van der Waals surface area contributed by atoms with Crippen molar-refractivity contribution < 1.29 is 9.21 Å². The first-order valence-corrected chi connectivity index (χ1v) is 7.94. The highest BCUT2D eigenvalue weighted by atomic mass is 35.5. The molecule has 0 saturated carbocycles. The van der Waals surface area contributed by atoms with Crippen LogP contribution in [0.3, 0.4) is 0 Å². The zero-order valence-corrected chi connectivity index (χ0v) is 14.2. The summed E-state index contributed by atoms with van der Waals surface area (Å²) in [6.45, 7) is 2.11. The summed E-state index contributed by atoms with van der Waals surface area (Å²) in [6, 6.07) is 13.7. The molecule has 1 heterocycles. The summed E-state index contributed by atoms with van der Waals surface area (Å²) in [5, 5.41) is 0.624. The van der Waals surface area contributed by atoms with Crippen LogP contribution in [0.5, 0.6) is 0 Å². The van der Waals surface area contributed by atoms with E-state index in [1.807, 2.05) is 18.2 Å². The first-order chi connectivity index (χ1) is 11.5. The van der Waals surface area contributed by atoms with E-state index in [4.69, 9.17) is 16.0 Å². The predicted octanol–water partition coefficient (Wildman–Crippen LogP) is 3.47. The largest absolute Gasteiger partial charge is 0.420 e. The van der Waals surface area contributed by atoms with E-state index in [0.29, 0.717) is 22.7 Å². The lowest BCUT2D eigenvalue weighted by atomic mass is 10.2. The number of para-hydroxylation sites is 2. The highest BCUT2D eigenvalue weighted by molar-refractivity contribution is 6.30. The molecule has 24 heavy (non-hydrogen) atoms. The third-order valence-corrected chi connectivity index (χ3v) is 4.18. The normalized spacial score (nSPS) is 12.3. The summed E-state index contributed by atoms with van der Waals surface area (Å²) in [5.41, 5.74) is 2.01. The summed E-state index contributed by atoms with van der Waals surface area (Å²) in [7, 11) is 1.70. The van der Waals surface area contributed by atoms with Crippen LogP contribution in [-0.2, 0) is 11.3 Å². The number of benzene rings is 2. The Morgan fingerprint density at radius 3 is 2.75 bits per heavy atom. The van der Waals surface area contributed by atoms with Crippen molar-refractivity contribution in [2.75, 3.05) is 7.05 Å². The van der Waals surface area contributed by atoms with Gasteiger partial charge in [-0.05, 0) is 36.8 Å².